The Morgan fingerprint density at radius 1 is 1.32 bits per heavy atom. The third kappa shape index (κ3) is 6.63. The maximum atomic E-state index is 10.2. The van der Waals surface area contributed by atoms with Crippen molar-refractivity contribution in [3.05, 3.63) is 30.1 Å². The second kappa shape index (κ2) is 11.1. The van der Waals surface area contributed by atoms with E-state index in [1.165, 1.54) is 32.2 Å². The molecule has 1 fully saturated rings. The van der Waals surface area contributed by atoms with Crippen molar-refractivity contribution in [2.45, 2.75) is 51.7 Å². The summed E-state index contributed by atoms with van der Waals surface area (Å²) in [6.45, 7) is 8.58. The van der Waals surface area contributed by atoms with Crippen LogP contribution in [0, 0.1) is 0 Å². The molecule has 6 nitrogen and oxygen atoms in total. The van der Waals surface area contributed by atoms with E-state index in [9.17, 15) is 5.11 Å². The molecular formula is C19H33N5O. The Morgan fingerprint density at radius 2 is 2.12 bits per heavy atom. The van der Waals surface area contributed by atoms with Crippen molar-refractivity contribution < 1.29 is 5.11 Å². The molecule has 1 aromatic rings. The Morgan fingerprint density at radius 3 is 2.84 bits per heavy atom. The van der Waals surface area contributed by atoms with Crippen molar-refractivity contribution in [2.75, 3.05) is 32.7 Å². The monoisotopic (exact) mass is 347 g/mol. The molecule has 0 aliphatic carbocycles. The molecule has 2 unspecified atom stereocenters. The van der Waals surface area contributed by atoms with Gasteiger partial charge in [0.05, 0.1) is 12.6 Å². The van der Waals surface area contributed by atoms with Gasteiger partial charge in [-0.05, 0) is 50.4 Å². The van der Waals surface area contributed by atoms with Crippen molar-refractivity contribution in [3.8, 4) is 0 Å². The van der Waals surface area contributed by atoms with Gasteiger partial charge in [0, 0.05) is 38.1 Å². The molecule has 1 aliphatic heterocycles. The van der Waals surface area contributed by atoms with E-state index in [4.69, 9.17) is 0 Å². The van der Waals surface area contributed by atoms with Crippen molar-refractivity contribution in [2.24, 2.45) is 4.99 Å². The lowest BCUT2D eigenvalue weighted by atomic mass is 10.0. The fraction of sp³-hybridized carbons (Fsp3) is 0.684. The average Bonchev–Trinajstić information content (AvgIpc) is 2.67. The second-order valence-corrected chi connectivity index (χ2v) is 6.54. The summed E-state index contributed by atoms with van der Waals surface area (Å²) in [7, 11) is 0. The first kappa shape index (κ1) is 19.7. The van der Waals surface area contributed by atoms with Crippen LogP contribution in [-0.2, 0) is 0 Å². The molecule has 25 heavy (non-hydrogen) atoms. The number of aliphatic hydroxyl groups is 1. The number of likely N-dealkylation sites (tertiary alicyclic amines) is 1. The molecule has 2 heterocycles. The van der Waals surface area contributed by atoms with E-state index in [1.54, 1.807) is 12.4 Å². The minimum atomic E-state index is -0.606. The number of guanidine groups is 1. The molecule has 2 rings (SSSR count). The second-order valence-electron chi connectivity index (χ2n) is 6.54. The highest BCUT2D eigenvalue weighted by Crippen LogP contribution is 2.18. The van der Waals surface area contributed by atoms with Gasteiger partial charge in [-0.25, -0.2) is 0 Å². The quantitative estimate of drug-likeness (QED) is 0.495. The number of piperidine rings is 1. The van der Waals surface area contributed by atoms with Gasteiger partial charge in [0.1, 0.15) is 0 Å². The first-order valence-electron chi connectivity index (χ1n) is 9.58. The number of aromatic nitrogens is 1. The Bertz CT molecular complexity index is 508. The number of nitrogens with one attached hydrogen (secondary N) is 2. The van der Waals surface area contributed by atoms with Gasteiger partial charge in [-0.2, -0.15) is 0 Å². The number of pyridine rings is 1. The van der Waals surface area contributed by atoms with Gasteiger partial charge < -0.3 is 15.7 Å². The van der Waals surface area contributed by atoms with Crippen molar-refractivity contribution in [1.82, 2.24) is 20.5 Å². The first-order chi connectivity index (χ1) is 12.2. The van der Waals surface area contributed by atoms with E-state index in [-0.39, 0.29) is 0 Å². The first-order valence-corrected chi connectivity index (χ1v) is 9.58. The zero-order valence-electron chi connectivity index (χ0n) is 15.6. The van der Waals surface area contributed by atoms with Crippen LogP contribution in [0.25, 0.3) is 0 Å². The van der Waals surface area contributed by atoms with Gasteiger partial charge in [0.2, 0.25) is 0 Å². The van der Waals surface area contributed by atoms with Crippen LogP contribution in [0.4, 0.5) is 0 Å². The molecule has 140 valence electrons. The lowest BCUT2D eigenvalue weighted by Crippen LogP contribution is -2.46. The van der Waals surface area contributed by atoms with Crippen molar-refractivity contribution in [3.63, 3.8) is 0 Å². The van der Waals surface area contributed by atoms with Gasteiger partial charge >= 0.3 is 0 Å². The number of aliphatic imine (C=N–C) groups is 1. The third-order valence-corrected chi connectivity index (χ3v) is 4.77. The molecule has 0 spiro atoms. The molecule has 1 aliphatic rings. The number of hydrogen-bond donors (Lipinski definition) is 3. The lowest BCUT2D eigenvalue weighted by molar-refractivity contribution is 0.147. The van der Waals surface area contributed by atoms with E-state index in [2.05, 4.69) is 32.4 Å². The molecule has 0 aromatic carbocycles. The standard InChI is InChI=1S/C19H33N5O/c1-3-17-7-5-6-13-24(17)14-12-22-19(21-4-2)23-15-18(25)16-8-10-20-11-9-16/h8-11,17-18,25H,3-7,12-15H2,1-2H3,(H2,21,22,23). The highest BCUT2D eigenvalue weighted by molar-refractivity contribution is 5.79. The Balaban J connectivity index is 1.81. The minimum Gasteiger partial charge on any atom is -0.386 e. The summed E-state index contributed by atoms with van der Waals surface area (Å²) in [4.78, 5) is 11.1. The number of nitrogens with zero attached hydrogens (tertiary/aromatic N) is 3. The maximum absolute atomic E-state index is 10.2. The van der Waals surface area contributed by atoms with Crippen LogP contribution >= 0.6 is 0 Å². The smallest absolute Gasteiger partial charge is 0.191 e. The molecule has 3 N–H and O–H groups in total. The molecule has 1 saturated heterocycles. The van der Waals surface area contributed by atoms with Gasteiger partial charge in [-0.3, -0.25) is 14.9 Å². The van der Waals surface area contributed by atoms with Crippen LogP contribution in [0.15, 0.2) is 29.5 Å². The fourth-order valence-electron chi connectivity index (χ4n) is 3.35. The van der Waals surface area contributed by atoms with Gasteiger partial charge in [0.25, 0.3) is 0 Å². The Kier molecular flexibility index (Phi) is 8.69. The predicted octanol–water partition coefficient (Wildman–Crippen LogP) is 1.93. The highest BCUT2D eigenvalue weighted by atomic mass is 16.3. The summed E-state index contributed by atoms with van der Waals surface area (Å²) in [5, 5.41) is 16.9. The predicted molar refractivity (Wildman–Crippen MR) is 103 cm³/mol. The summed E-state index contributed by atoms with van der Waals surface area (Å²) in [5.74, 6) is 0.765. The summed E-state index contributed by atoms with van der Waals surface area (Å²) in [5.41, 5.74) is 0.841. The molecule has 1 aromatic heterocycles. The summed E-state index contributed by atoms with van der Waals surface area (Å²) in [6, 6.07) is 4.37. The molecule has 0 bridgehead atoms. The average molecular weight is 348 g/mol. The number of hydrogen-bond acceptors (Lipinski definition) is 4. The van der Waals surface area contributed by atoms with E-state index in [1.807, 2.05) is 19.1 Å². The minimum absolute atomic E-state index is 0.334. The van der Waals surface area contributed by atoms with E-state index in [0.717, 1.165) is 37.2 Å². The Labute approximate surface area is 151 Å². The van der Waals surface area contributed by atoms with Crippen molar-refractivity contribution >= 4 is 5.96 Å². The van der Waals surface area contributed by atoms with Crippen LogP contribution in [0.2, 0.25) is 0 Å². The number of rotatable bonds is 8. The van der Waals surface area contributed by atoms with Crippen LogP contribution in [0.3, 0.4) is 0 Å². The van der Waals surface area contributed by atoms with Crippen LogP contribution in [0.5, 0.6) is 0 Å². The van der Waals surface area contributed by atoms with Gasteiger partial charge in [-0.1, -0.05) is 13.3 Å². The SMILES string of the molecule is CCNC(=NCC(O)c1ccncc1)NCCN1CCCCC1CC. The molecule has 0 saturated carbocycles. The largest absolute Gasteiger partial charge is 0.386 e. The molecule has 0 amide bonds. The Hall–Kier alpha value is -1.66. The van der Waals surface area contributed by atoms with Crippen molar-refractivity contribution in [1.29, 1.82) is 0 Å². The molecular weight excluding hydrogens is 314 g/mol. The van der Waals surface area contributed by atoms with Gasteiger partial charge in [0.15, 0.2) is 5.96 Å². The maximum Gasteiger partial charge on any atom is 0.191 e. The van der Waals surface area contributed by atoms with Crippen LogP contribution in [0.1, 0.15) is 51.2 Å². The van der Waals surface area contributed by atoms with E-state index >= 15 is 0 Å². The summed E-state index contributed by atoms with van der Waals surface area (Å²) < 4.78 is 0. The molecule has 2 atom stereocenters. The molecule has 6 heteroatoms. The lowest BCUT2D eigenvalue weighted by Gasteiger charge is -2.35. The van der Waals surface area contributed by atoms with Gasteiger partial charge in [-0.15, -0.1) is 0 Å². The zero-order chi connectivity index (χ0) is 17.9. The van der Waals surface area contributed by atoms with Crippen LogP contribution in [-0.4, -0.2) is 59.7 Å². The summed E-state index contributed by atoms with van der Waals surface area (Å²) >= 11 is 0. The topological polar surface area (TPSA) is 72.8 Å². The van der Waals surface area contributed by atoms with E-state index < -0.39 is 6.10 Å². The fourth-order valence-corrected chi connectivity index (χ4v) is 3.35. The highest BCUT2D eigenvalue weighted by Gasteiger charge is 2.19. The van der Waals surface area contributed by atoms with Crippen LogP contribution < -0.4 is 10.6 Å². The normalized spacial score (nSPS) is 20.3. The third-order valence-electron chi connectivity index (χ3n) is 4.77. The summed E-state index contributed by atoms with van der Waals surface area (Å²) in [6.07, 6.45) is 7.99. The zero-order valence-corrected chi connectivity index (χ0v) is 15.6. The molecule has 0 radical (unpaired) electrons. The number of aliphatic hydroxyl groups excluding tert-OH is 1. The van der Waals surface area contributed by atoms with E-state index in [0.29, 0.717) is 6.54 Å².